The molecule has 3 N–H and O–H groups in total. The predicted molar refractivity (Wildman–Crippen MR) is 74.0 cm³/mol. The standard InChI is InChI=1S/C12H21N3O2S/c1-4-9-7-18-11(14-9)15-10(17)13-8-12(2,3)5-6-16/h7,16H,4-6,8H2,1-3H3,(H2,13,14,15,17). The van der Waals surface area contributed by atoms with Crippen molar-refractivity contribution in [3.05, 3.63) is 11.1 Å². The van der Waals surface area contributed by atoms with Gasteiger partial charge >= 0.3 is 6.03 Å². The van der Waals surface area contributed by atoms with Crippen LogP contribution in [0.3, 0.4) is 0 Å². The van der Waals surface area contributed by atoms with Crippen molar-refractivity contribution < 1.29 is 9.90 Å². The lowest BCUT2D eigenvalue weighted by Crippen LogP contribution is -2.37. The maximum absolute atomic E-state index is 11.6. The molecule has 1 aromatic rings. The fourth-order valence-corrected chi connectivity index (χ4v) is 2.17. The summed E-state index contributed by atoms with van der Waals surface area (Å²) in [5.74, 6) is 0. The number of amides is 2. The van der Waals surface area contributed by atoms with E-state index in [0.717, 1.165) is 12.1 Å². The summed E-state index contributed by atoms with van der Waals surface area (Å²) in [4.78, 5) is 15.9. The van der Waals surface area contributed by atoms with Gasteiger partial charge in [-0.05, 0) is 18.3 Å². The van der Waals surface area contributed by atoms with Crippen LogP contribution in [0.15, 0.2) is 5.38 Å². The largest absolute Gasteiger partial charge is 0.396 e. The van der Waals surface area contributed by atoms with E-state index in [0.29, 0.717) is 18.1 Å². The number of hydrogen-bond acceptors (Lipinski definition) is 4. The van der Waals surface area contributed by atoms with Gasteiger partial charge in [0.25, 0.3) is 0 Å². The van der Waals surface area contributed by atoms with Crippen LogP contribution < -0.4 is 10.6 Å². The lowest BCUT2D eigenvalue weighted by molar-refractivity contribution is 0.204. The number of aliphatic hydroxyl groups is 1. The number of aromatic nitrogens is 1. The van der Waals surface area contributed by atoms with Crippen LogP contribution in [0.4, 0.5) is 9.93 Å². The lowest BCUT2D eigenvalue weighted by atomic mass is 9.90. The van der Waals surface area contributed by atoms with Crippen molar-refractivity contribution in [3.63, 3.8) is 0 Å². The molecule has 0 saturated carbocycles. The first-order chi connectivity index (χ1) is 8.46. The number of aliphatic hydroxyl groups excluding tert-OH is 1. The molecule has 1 rings (SSSR count). The van der Waals surface area contributed by atoms with Crippen molar-refractivity contribution in [1.29, 1.82) is 0 Å². The molecule has 0 atom stereocenters. The summed E-state index contributed by atoms with van der Waals surface area (Å²) in [7, 11) is 0. The van der Waals surface area contributed by atoms with Crippen molar-refractivity contribution in [2.75, 3.05) is 18.5 Å². The zero-order valence-corrected chi connectivity index (χ0v) is 11.9. The molecule has 0 radical (unpaired) electrons. The van der Waals surface area contributed by atoms with Gasteiger partial charge < -0.3 is 10.4 Å². The summed E-state index contributed by atoms with van der Waals surface area (Å²) in [6.45, 7) is 6.68. The van der Waals surface area contributed by atoms with Gasteiger partial charge in [0.15, 0.2) is 5.13 Å². The highest BCUT2D eigenvalue weighted by Crippen LogP contribution is 2.18. The second-order valence-corrected chi connectivity index (χ2v) is 5.80. The number of thiazole rings is 1. The third kappa shape index (κ3) is 5.01. The van der Waals surface area contributed by atoms with Gasteiger partial charge in [-0.3, -0.25) is 5.32 Å². The highest BCUT2D eigenvalue weighted by molar-refractivity contribution is 7.13. The Balaban J connectivity index is 2.37. The minimum absolute atomic E-state index is 0.108. The summed E-state index contributed by atoms with van der Waals surface area (Å²) >= 11 is 1.42. The molecule has 5 nitrogen and oxygen atoms in total. The van der Waals surface area contributed by atoms with Gasteiger partial charge in [0.1, 0.15) is 0 Å². The van der Waals surface area contributed by atoms with Gasteiger partial charge in [0.2, 0.25) is 0 Å². The number of anilines is 1. The van der Waals surface area contributed by atoms with E-state index in [1.54, 1.807) is 0 Å². The van der Waals surface area contributed by atoms with Gasteiger partial charge in [-0.15, -0.1) is 11.3 Å². The molecule has 1 heterocycles. The van der Waals surface area contributed by atoms with E-state index in [2.05, 4.69) is 15.6 Å². The number of hydrogen-bond donors (Lipinski definition) is 3. The fourth-order valence-electron chi connectivity index (χ4n) is 1.38. The Morgan fingerprint density at radius 2 is 2.28 bits per heavy atom. The van der Waals surface area contributed by atoms with Crippen LogP contribution in [0.1, 0.15) is 32.9 Å². The fraction of sp³-hybridized carbons (Fsp3) is 0.667. The minimum Gasteiger partial charge on any atom is -0.396 e. The van der Waals surface area contributed by atoms with Crippen LogP contribution in [0.2, 0.25) is 0 Å². The average Bonchev–Trinajstić information content (AvgIpc) is 2.74. The molecule has 0 bridgehead atoms. The molecule has 18 heavy (non-hydrogen) atoms. The van der Waals surface area contributed by atoms with Gasteiger partial charge in [-0.1, -0.05) is 20.8 Å². The molecule has 0 spiro atoms. The molecule has 2 amide bonds. The molecular formula is C12H21N3O2S. The average molecular weight is 271 g/mol. The summed E-state index contributed by atoms with van der Waals surface area (Å²) < 4.78 is 0. The quantitative estimate of drug-likeness (QED) is 0.743. The number of carbonyl (C=O) groups excluding carboxylic acids is 1. The normalized spacial score (nSPS) is 11.3. The van der Waals surface area contributed by atoms with Gasteiger partial charge in [-0.25, -0.2) is 9.78 Å². The van der Waals surface area contributed by atoms with Gasteiger partial charge in [0.05, 0.1) is 5.69 Å². The van der Waals surface area contributed by atoms with Crippen LogP contribution >= 0.6 is 11.3 Å². The van der Waals surface area contributed by atoms with Crippen LogP contribution in [0.5, 0.6) is 0 Å². The van der Waals surface area contributed by atoms with E-state index in [-0.39, 0.29) is 18.1 Å². The maximum Gasteiger partial charge on any atom is 0.321 e. The van der Waals surface area contributed by atoms with Crippen LogP contribution in [-0.2, 0) is 6.42 Å². The summed E-state index contributed by atoms with van der Waals surface area (Å²) in [5, 5.41) is 16.9. The molecular weight excluding hydrogens is 250 g/mol. The highest BCUT2D eigenvalue weighted by Gasteiger charge is 2.18. The SMILES string of the molecule is CCc1csc(NC(=O)NCC(C)(C)CCO)n1. The molecule has 0 aromatic carbocycles. The third-order valence-corrected chi connectivity index (χ3v) is 3.46. The minimum atomic E-state index is -0.252. The maximum atomic E-state index is 11.6. The Labute approximate surface area is 112 Å². The van der Waals surface area contributed by atoms with Crippen LogP contribution in [0, 0.1) is 5.41 Å². The van der Waals surface area contributed by atoms with Gasteiger partial charge in [0, 0.05) is 18.5 Å². The van der Waals surface area contributed by atoms with E-state index >= 15 is 0 Å². The first-order valence-corrected chi connectivity index (χ1v) is 6.95. The lowest BCUT2D eigenvalue weighted by Gasteiger charge is -2.23. The molecule has 0 saturated heterocycles. The van der Waals surface area contributed by atoms with E-state index in [1.165, 1.54) is 11.3 Å². The Kier molecular flexibility index (Phi) is 5.55. The number of urea groups is 1. The zero-order valence-electron chi connectivity index (χ0n) is 11.1. The molecule has 0 aliphatic heterocycles. The summed E-state index contributed by atoms with van der Waals surface area (Å²) in [6.07, 6.45) is 1.52. The molecule has 6 heteroatoms. The van der Waals surface area contributed by atoms with E-state index in [9.17, 15) is 4.79 Å². The van der Waals surface area contributed by atoms with Crippen molar-refractivity contribution in [2.24, 2.45) is 5.41 Å². The number of rotatable bonds is 6. The second-order valence-electron chi connectivity index (χ2n) is 4.94. The topological polar surface area (TPSA) is 74.2 Å². The first-order valence-electron chi connectivity index (χ1n) is 6.07. The third-order valence-electron chi connectivity index (χ3n) is 2.65. The number of nitrogens with one attached hydrogen (secondary N) is 2. The summed E-state index contributed by atoms with van der Waals surface area (Å²) in [6, 6.07) is -0.252. The molecule has 0 aliphatic carbocycles. The highest BCUT2D eigenvalue weighted by atomic mass is 32.1. The van der Waals surface area contributed by atoms with Crippen LogP contribution in [0.25, 0.3) is 0 Å². The Morgan fingerprint density at radius 1 is 1.56 bits per heavy atom. The first kappa shape index (κ1) is 14.9. The molecule has 0 fully saturated rings. The predicted octanol–water partition coefficient (Wildman–Crippen LogP) is 2.24. The Bertz CT molecular complexity index is 390. The van der Waals surface area contributed by atoms with Gasteiger partial charge in [-0.2, -0.15) is 0 Å². The van der Waals surface area contributed by atoms with E-state index < -0.39 is 0 Å². The Morgan fingerprint density at radius 3 is 2.83 bits per heavy atom. The monoisotopic (exact) mass is 271 g/mol. The van der Waals surface area contributed by atoms with Crippen LogP contribution in [-0.4, -0.2) is 29.3 Å². The molecule has 102 valence electrons. The molecule has 1 aromatic heterocycles. The van der Waals surface area contributed by atoms with Crippen molar-refractivity contribution in [3.8, 4) is 0 Å². The molecule has 0 aliphatic rings. The van der Waals surface area contributed by atoms with Crippen molar-refractivity contribution in [2.45, 2.75) is 33.6 Å². The van der Waals surface area contributed by atoms with E-state index in [4.69, 9.17) is 5.11 Å². The number of aryl methyl sites for hydroxylation is 1. The number of carbonyl (C=O) groups is 1. The second kappa shape index (κ2) is 6.70. The number of nitrogens with zero attached hydrogens (tertiary/aromatic N) is 1. The summed E-state index contributed by atoms with van der Waals surface area (Å²) in [5.41, 5.74) is 0.875. The smallest absolute Gasteiger partial charge is 0.321 e. The van der Waals surface area contributed by atoms with Crippen molar-refractivity contribution in [1.82, 2.24) is 10.3 Å². The van der Waals surface area contributed by atoms with Crippen molar-refractivity contribution >= 4 is 22.5 Å². The van der Waals surface area contributed by atoms with E-state index in [1.807, 2.05) is 26.2 Å². The Hall–Kier alpha value is -1.14. The molecule has 0 unspecified atom stereocenters. The zero-order chi connectivity index (χ0) is 13.6.